The average Bonchev–Trinajstić information content (AvgIpc) is 3.09. The fourth-order valence-electron chi connectivity index (χ4n) is 3.23. The summed E-state index contributed by atoms with van der Waals surface area (Å²) in [4.78, 5) is 6.68. The van der Waals surface area contributed by atoms with Gasteiger partial charge in [-0.05, 0) is 29.2 Å². The largest absolute Gasteiger partial charge is 0.383 e. The number of guanidine groups is 1. The zero-order valence-electron chi connectivity index (χ0n) is 15.7. The fraction of sp³-hybridized carbons (Fsp3) is 0.381. The van der Waals surface area contributed by atoms with Crippen LogP contribution in [0.4, 0.5) is 5.69 Å². The lowest BCUT2D eigenvalue weighted by Gasteiger charge is -2.19. The van der Waals surface area contributed by atoms with Crippen LogP contribution in [0.3, 0.4) is 0 Å². The molecule has 138 valence electrons. The third-order valence-electron chi connectivity index (χ3n) is 4.66. The molecule has 0 unspecified atom stereocenters. The van der Waals surface area contributed by atoms with E-state index in [0.29, 0.717) is 6.61 Å². The van der Waals surface area contributed by atoms with Gasteiger partial charge in [-0.15, -0.1) is 0 Å². The molecular weight excluding hydrogens is 324 g/mol. The Kier molecular flexibility index (Phi) is 6.50. The number of ether oxygens (including phenoxy) is 1. The molecular formula is C21H28N4O. The predicted octanol–water partition coefficient (Wildman–Crippen LogP) is 2.56. The van der Waals surface area contributed by atoms with Crippen LogP contribution < -0.4 is 15.5 Å². The summed E-state index contributed by atoms with van der Waals surface area (Å²) in [5.41, 5.74) is 5.42. The molecule has 3 rings (SSSR count). The maximum atomic E-state index is 5.04. The number of rotatable bonds is 7. The molecule has 26 heavy (non-hydrogen) atoms. The zero-order valence-corrected chi connectivity index (χ0v) is 15.7. The lowest BCUT2D eigenvalue weighted by molar-refractivity contribution is 0.203. The van der Waals surface area contributed by atoms with E-state index < -0.39 is 0 Å². The minimum Gasteiger partial charge on any atom is -0.383 e. The highest BCUT2D eigenvalue weighted by atomic mass is 16.5. The number of aliphatic imine (C=N–C) groups is 1. The van der Waals surface area contributed by atoms with E-state index in [2.05, 4.69) is 69.1 Å². The Morgan fingerprint density at radius 1 is 1.08 bits per heavy atom. The Labute approximate surface area is 156 Å². The molecule has 2 aromatic carbocycles. The zero-order chi connectivity index (χ0) is 18.2. The minimum absolute atomic E-state index is 0.662. The van der Waals surface area contributed by atoms with Gasteiger partial charge in [0.15, 0.2) is 5.96 Å². The van der Waals surface area contributed by atoms with Gasteiger partial charge in [-0.2, -0.15) is 0 Å². The van der Waals surface area contributed by atoms with E-state index in [1.165, 1.54) is 22.4 Å². The van der Waals surface area contributed by atoms with Gasteiger partial charge in [0.2, 0.25) is 0 Å². The maximum Gasteiger partial charge on any atom is 0.191 e. The smallest absolute Gasteiger partial charge is 0.191 e. The van der Waals surface area contributed by atoms with E-state index in [4.69, 9.17) is 4.74 Å². The first-order chi connectivity index (χ1) is 12.8. The van der Waals surface area contributed by atoms with Crippen molar-refractivity contribution in [2.24, 2.45) is 4.99 Å². The number of anilines is 1. The molecule has 0 aliphatic carbocycles. The molecule has 1 aliphatic rings. The van der Waals surface area contributed by atoms with Crippen molar-refractivity contribution in [3.63, 3.8) is 0 Å². The monoisotopic (exact) mass is 352 g/mol. The number of nitrogens with one attached hydrogen (secondary N) is 2. The first-order valence-corrected chi connectivity index (χ1v) is 9.14. The Hall–Kier alpha value is -2.53. The summed E-state index contributed by atoms with van der Waals surface area (Å²) in [5.74, 6) is 0.791. The summed E-state index contributed by atoms with van der Waals surface area (Å²) in [7, 11) is 3.47. The van der Waals surface area contributed by atoms with Crippen molar-refractivity contribution in [1.82, 2.24) is 10.6 Å². The van der Waals surface area contributed by atoms with Crippen LogP contribution in [0.5, 0.6) is 0 Å². The predicted molar refractivity (Wildman–Crippen MR) is 108 cm³/mol. The molecule has 0 spiro atoms. The van der Waals surface area contributed by atoms with Crippen LogP contribution in [0, 0.1) is 0 Å². The van der Waals surface area contributed by atoms with Crippen molar-refractivity contribution >= 4 is 11.6 Å². The average molecular weight is 352 g/mol. The van der Waals surface area contributed by atoms with Crippen LogP contribution in [0.15, 0.2) is 53.5 Å². The van der Waals surface area contributed by atoms with E-state index in [1.807, 2.05) is 0 Å². The Morgan fingerprint density at radius 2 is 1.85 bits per heavy atom. The fourth-order valence-corrected chi connectivity index (χ4v) is 3.23. The van der Waals surface area contributed by atoms with Crippen molar-refractivity contribution in [2.45, 2.75) is 19.5 Å². The van der Waals surface area contributed by atoms with E-state index in [0.717, 1.165) is 38.6 Å². The van der Waals surface area contributed by atoms with Crippen LogP contribution in [-0.2, 0) is 24.2 Å². The van der Waals surface area contributed by atoms with Gasteiger partial charge in [0.25, 0.3) is 0 Å². The molecule has 0 fully saturated rings. The van der Waals surface area contributed by atoms with E-state index >= 15 is 0 Å². The third-order valence-corrected chi connectivity index (χ3v) is 4.66. The van der Waals surface area contributed by atoms with Gasteiger partial charge >= 0.3 is 0 Å². The standard InChI is InChI=1S/C21H28N4O/c1-22-21(23-12-14-26-2)24-15-17-7-9-18(10-8-17)16-25-13-11-19-5-3-4-6-20(19)25/h3-10H,11-16H2,1-2H3,(H2,22,23,24). The Morgan fingerprint density at radius 3 is 2.62 bits per heavy atom. The van der Waals surface area contributed by atoms with Gasteiger partial charge in [-0.3, -0.25) is 4.99 Å². The van der Waals surface area contributed by atoms with Crippen molar-refractivity contribution < 1.29 is 4.74 Å². The Bertz CT molecular complexity index is 727. The normalized spacial score (nSPS) is 13.6. The van der Waals surface area contributed by atoms with Crippen LogP contribution in [0.2, 0.25) is 0 Å². The minimum atomic E-state index is 0.662. The topological polar surface area (TPSA) is 48.9 Å². The second kappa shape index (κ2) is 9.25. The molecule has 1 aliphatic heterocycles. The first kappa shape index (κ1) is 18.3. The number of methoxy groups -OCH3 is 1. The summed E-state index contributed by atoms with van der Waals surface area (Å²) in [5, 5.41) is 6.54. The van der Waals surface area contributed by atoms with Gasteiger partial charge < -0.3 is 20.3 Å². The van der Waals surface area contributed by atoms with Gasteiger partial charge in [0.1, 0.15) is 0 Å². The highest BCUT2D eigenvalue weighted by molar-refractivity contribution is 5.79. The molecule has 0 atom stereocenters. The van der Waals surface area contributed by atoms with Crippen LogP contribution in [-0.4, -0.2) is 39.8 Å². The molecule has 0 bridgehead atoms. The summed E-state index contributed by atoms with van der Waals surface area (Å²) in [6, 6.07) is 17.5. The second-order valence-corrected chi connectivity index (χ2v) is 6.46. The van der Waals surface area contributed by atoms with Crippen molar-refractivity contribution in [3.8, 4) is 0 Å². The van der Waals surface area contributed by atoms with E-state index in [1.54, 1.807) is 14.2 Å². The lowest BCUT2D eigenvalue weighted by atomic mass is 10.1. The van der Waals surface area contributed by atoms with E-state index in [-0.39, 0.29) is 0 Å². The van der Waals surface area contributed by atoms with Crippen molar-refractivity contribution in [1.29, 1.82) is 0 Å². The molecule has 0 saturated heterocycles. The molecule has 0 saturated carbocycles. The second-order valence-electron chi connectivity index (χ2n) is 6.46. The van der Waals surface area contributed by atoms with Gasteiger partial charge in [0.05, 0.1) is 6.61 Å². The SMILES string of the molecule is CN=C(NCCOC)NCc1ccc(CN2CCc3ccccc32)cc1. The number of para-hydroxylation sites is 1. The van der Waals surface area contributed by atoms with Crippen LogP contribution in [0.1, 0.15) is 16.7 Å². The summed E-state index contributed by atoms with van der Waals surface area (Å²) in [6.07, 6.45) is 1.15. The molecule has 2 N–H and O–H groups in total. The number of hydrogen-bond acceptors (Lipinski definition) is 3. The maximum absolute atomic E-state index is 5.04. The summed E-state index contributed by atoms with van der Waals surface area (Å²) >= 11 is 0. The van der Waals surface area contributed by atoms with Gasteiger partial charge in [-0.25, -0.2) is 0 Å². The van der Waals surface area contributed by atoms with Gasteiger partial charge in [-0.1, -0.05) is 42.5 Å². The van der Waals surface area contributed by atoms with Crippen LogP contribution in [0.25, 0.3) is 0 Å². The molecule has 0 aromatic heterocycles. The quantitative estimate of drug-likeness (QED) is 0.457. The summed E-state index contributed by atoms with van der Waals surface area (Å²) in [6.45, 7) is 4.22. The number of benzene rings is 2. The highest BCUT2D eigenvalue weighted by Crippen LogP contribution is 2.28. The van der Waals surface area contributed by atoms with Crippen LogP contribution >= 0.6 is 0 Å². The van der Waals surface area contributed by atoms with Crippen molar-refractivity contribution in [2.75, 3.05) is 38.8 Å². The lowest BCUT2D eigenvalue weighted by Crippen LogP contribution is -2.38. The first-order valence-electron chi connectivity index (χ1n) is 9.14. The third kappa shape index (κ3) is 4.76. The number of fused-ring (bicyclic) bond motifs is 1. The molecule has 2 aromatic rings. The van der Waals surface area contributed by atoms with Gasteiger partial charge in [0, 0.05) is 46.0 Å². The molecule has 5 heteroatoms. The molecule has 0 amide bonds. The van der Waals surface area contributed by atoms with E-state index in [9.17, 15) is 0 Å². The highest BCUT2D eigenvalue weighted by Gasteiger charge is 2.17. The number of hydrogen-bond donors (Lipinski definition) is 2. The molecule has 5 nitrogen and oxygen atoms in total. The number of nitrogens with zero attached hydrogens (tertiary/aromatic N) is 2. The molecule has 0 radical (unpaired) electrons. The van der Waals surface area contributed by atoms with Crippen molar-refractivity contribution in [3.05, 3.63) is 65.2 Å². The summed E-state index contributed by atoms with van der Waals surface area (Å²) < 4.78 is 5.04. The molecule has 1 heterocycles. The Balaban J connectivity index is 1.51.